The molecule has 108 valence electrons. The summed E-state index contributed by atoms with van der Waals surface area (Å²) in [6, 6.07) is 7.38. The highest BCUT2D eigenvalue weighted by atomic mass is 16.4. The molecule has 0 unspecified atom stereocenters. The van der Waals surface area contributed by atoms with Gasteiger partial charge < -0.3 is 20.6 Å². The molecular weight excluding hydrogens is 258 g/mol. The largest absolute Gasteiger partial charge is 0.479 e. The molecule has 0 aromatic heterocycles. The Balaban J connectivity index is 2.04. The number of carboxylic acid groups (broad SMARTS) is 1. The molecule has 0 bridgehead atoms. The molecule has 1 aliphatic heterocycles. The van der Waals surface area contributed by atoms with Gasteiger partial charge >= 0.3 is 12.0 Å². The van der Waals surface area contributed by atoms with Crippen molar-refractivity contribution in [3.63, 3.8) is 0 Å². The van der Waals surface area contributed by atoms with Crippen LogP contribution in [0.15, 0.2) is 30.3 Å². The van der Waals surface area contributed by atoms with Crippen molar-refractivity contribution in [2.24, 2.45) is 0 Å². The lowest BCUT2D eigenvalue weighted by atomic mass is 10.1. The van der Waals surface area contributed by atoms with Gasteiger partial charge in [-0.15, -0.1) is 0 Å². The van der Waals surface area contributed by atoms with Crippen molar-refractivity contribution < 1.29 is 14.7 Å². The first-order valence-electron chi connectivity index (χ1n) is 6.72. The van der Waals surface area contributed by atoms with Gasteiger partial charge in [0.1, 0.15) is 0 Å². The Morgan fingerprint density at radius 2 is 1.95 bits per heavy atom. The summed E-state index contributed by atoms with van der Waals surface area (Å²) < 4.78 is 0. The van der Waals surface area contributed by atoms with E-state index >= 15 is 0 Å². The lowest BCUT2D eigenvalue weighted by molar-refractivity contribution is -0.139. The molecule has 0 aliphatic carbocycles. The predicted molar refractivity (Wildman–Crippen MR) is 74.4 cm³/mol. The molecule has 6 nitrogen and oxygen atoms in total. The maximum Gasteiger partial charge on any atom is 0.330 e. The van der Waals surface area contributed by atoms with Crippen molar-refractivity contribution in [3.05, 3.63) is 35.9 Å². The topological polar surface area (TPSA) is 81.7 Å². The van der Waals surface area contributed by atoms with E-state index in [4.69, 9.17) is 0 Å². The van der Waals surface area contributed by atoms with E-state index in [1.54, 1.807) is 29.2 Å². The highest BCUT2D eigenvalue weighted by Gasteiger charge is 2.24. The number of nitrogens with zero attached hydrogens (tertiary/aromatic N) is 1. The molecule has 1 aromatic carbocycles. The number of aliphatic carboxylic acids is 1. The molecule has 1 saturated heterocycles. The van der Waals surface area contributed by atoms with E-state index in [9.17, 15) is 14.7 Å². The number of rotatable bonds is 3. The van der Waals surface area contributed by atoms with Crippen LogP contribution < -0.4 is 10.6 Å². The van der Waals surface area contributed by atoms with E-state index in [0.29, 0.717) is 18.7 Å². The van der Waals surface area contributed by atoms with Crippen LogP contribution in [0.5, 0.6) is 0 Å². The summed E-state index contributed by atoms with van der Waals surface area (Å²) in [4.78, 5) is 25.2. The van der Waals surface area contributed by atoms with Gasteiger partial charge in [-0.1, -0.05) is 30.3 Å². The second-order valence-corrected chi connectivity index (χ2v) is 4.72. The number of carbonyl (C=O) groups is 2. The van der Waals surface area contributed by atoms with Gasteiger partial charge in [0.2, 0.25) is 0 Å². The molecule has 1 aliphatic rings. The third kappa shape index (κ3) is 3.71. The van der Waals surface area contributed by atoms with Gasteiger partial charge in [0, 0.05) is 19.6 Å². The van der Waals surface area contributed by atoms with Crippen LogP contribution in [-0.2, 0) is 4.79 Å². The molecule has 6 heteroatoms. The van der Waals surface area contributed by atoms with E-state index in [-0.39, 0.29) is 6.03 Å². The molecule has 2 amide bonds. The Morgan fingerprint density at radius 3 is 2.65 bits per heavy atom. The average molecular weight is 277 g/mol. The van der Waals surface area contributed by atoms with Crippen molar-refractivity contribution >= 4 is 12.0 Å². The minimum atomic E-state index is -1.06. The zero-order valence-electron chi connectivity index (χ0n) is 11.2. The fourth-order valence-corrected chi connectivity index (χ4v) is 2.20. The molecule has 1 atom stereocenters. The van der Waals surface area contributed by atoms with E-state index in [1.165, 1.54) is 0 Å². The summed E-state index contributed by atoms with van der Waals surface area (Å²) in [5.41, 5.74) is 0.571. The fraction of sp³-hybridized carbons (Fsp3) is 0.429. The fourth-order valence-electron chi connectivity index (χ4n) is 2.20. The smallest absolute Gasteiger partial charge is 0.330 e. The monoisotopic (exact) mass is 277 g/mol. The summed E-state index contributed by atoms with van der Waals surface area (Å²) in [5, 5.41) is 15.1. The van der Waals surface area contributed by atoms with Gasteiger partial charge in [-0.2, -0.15) is 0 Å². The maximum atomic E-state index is 12.2. The number of benzene rings is 1. The van der Waals surface area contributed by atoms with Gasteiger partial charge in [-0.25, -0.2) is 9.59 Å². The molecule has 1 aromatic rings. The van der Waals surface area contributed by atoms with Gasteiger partial charge in [0.25, 0.3) is 0 Å². The quantitative estimate of drug-likeness (QED) is 0.764. The lowest BCUT2D eigenvalue weighted by Gasteiger charge is -2.23. The second-order valence-electron chi connectivity index (χ2n) is 4.72. The van der Waals surface area contributed by atoms with Crippen molar-refractivity contribution in [2.45, 2.75) is 12.5 Å². The van der Waals surface area contributed by atoms with Crippen LogP contribution in [0.4, 0.5) is 4.79 Å². The van der Waals surface area contributed by atoms with Crippen LogP contribution in [-0.4, -0.2) is 48.2 Å². The van der Waals surface area contributed by atoms with Crippen molar-refractivity contribution in [1.29, 1.82) is 0 Å². The first-order chi connectivity index (χ1) is 9.68. The molecule has 0 radical (unpaired) electrons. The maximum absolute atomic E-state index is 12.2. The number of hydrogen-bond acceptors (Lipinski definition) is 3. The third-order valence-corrected chi connectivity index (χ3v) is 3.27. The molecule has 1 heterocycles. The number of hydrogen-bond donors (Lipinski definition) is 3. The molecule has 0 saturated carbocycles. The van der Waals surface area contributed by atoms with Gasteiger partial charge in [0.05, 0.1) is 0 Å². The van der Waals surface area contributed by atoms with Crippen LogP contribution in [0.3, 0.4) is 0 Å². The van der Waals surface area contributed by atoms with Gasteiger partial charge in [-0.05, 0) is 18.5 Å². The first-order valence-corrected chi connectivity index (χ1v) is 6.72. The van der Waals surface area contributed by atoms with Crippen molar-refractivity contribution in [2.75, 3.05) is 26.2 Å². The molecule has 0 spiro atoms. The number of carbonyl (C=O) groups excluding carboxylic acids is 1. The predicted octanol–water partition coefficient (Wildman–Crippen LogP) is 0.817. The van der Waals surface area contributed by atoms with Crippen LogP contribution in [0.25, 0.3) is 0 Å². The normalized spacial score (nSPS) is 17.1. The summed E-state index contributed by atoms with van der Waals surface area (Å²) in [6.45, 7) is 2.84. The highest BCUT2D eigenvalue weighted by molar-refractivity contribution is 5.83. The molecule has 2 rings (SSSR count). The van der Waals surface area contributed by atoms with Crippen LogP contribution in [0, 0.1) is 0 Å². The first kappa shape index (κ1) is 14.3. The molecule has 1 fully saturated rings. The Morgan fingerprint density at radius 1 is 1.20 bits per heavy atom. The summed E-state index contributed by atoms with van der Waals surface area (Å²) >= 11 is 0. The molecule has 20 heavy (non-hydrogen) atoms. The van der Waals surface area contributed by atoms with Gasteiger partial charge in [-0.3, -0.25) is 0 Å². The zero-order chi connectivity index (χ0) is 14.4. The SMILES string of the molecule is O=C(O)[C@@H](NC(=O)N1CCCNCC1)c1ccccc1. The van der Waals surface area contributed by atoms with E-state index in [2.05, 4.69) is 10.6 Å². The van der Waals surface area contributed by atoms with Crippen LogP contribution in [0.1, 0.15) is 18.0 Å². The lowest BCUT2D eigenvalue weighted by Crippen LogP contribution is -2.45. The Bertz CT molecular complexity index is 456. The second kappa shape index (κ2) is 6.91. The van der Waals surface area contributed by atoms with Crippen molar-refractivity contribution in [1.82, 2.24) is 15.5 Å². The van der Waals surface area contributed by atoms with Gasteiger partial charge in [0.15, 0.2) is 6.04 Å². The van der Waals surface area contributed by atoms with Crippen LogP contribution in [0.2, 0.25) is 0 Å². The van der Waals surface area contributed by atoms with Crippen LogP contribution >= 0.6 is 0 Å². The Hall–Kier alpha value is -2.08. The summed E-state index contributed by atoms with van der Waals surface area (Å²) in [7, 11) is 0. The summed E-state index contributed by atoms with van der Waals surface area (Å²) in [6.07, 6.45) is 0.872. The zero-order valence-corrected chi connectivity index (χ0v) is 11.2. The average Bonchev–Trinajstić information content (AvgIpc) is 2.74. The number of carboxylic acids is 1. The van der Waals surface area contributed by atoms with E-state index in [1.807, 2.05) is 6.07 Å². The highest BCUT2D eigenvalue weighted by Crippen LogP contribution is 2.13. The number of urea groups is 1. The standard InChI is InChI=1S/C14H19N3O3/c18-13(19)12(11-5-2-1-3-6-11)16-14(20)17-9-4-7-15-8-10-17/h1-3,5-6,12,15H,4,7-10H2,(H,16,20)(H,18,19)/t12-/m0/s1. The number of amides is 2. The molecule has 3 N–H and O–H groups in total. The van der Waals surface area contributed by atoms with E-state index in [0.717, 1.165) is 19.5 Å². The number of nitrogens with one attached hydrogen (secondary N) is 2. The Kier molecular flexibility index (Phi) is 4.95. The Labute approximate surface area is 117 Å². The third-order valence-electron chi connectivity index (χ3n) is 3.27. The molecular formula is C14H19N3O3. The van der Waals surface area contributed by atoms with Crippen molar-refractivity contribution in [3.8, 4) is 0 Å². The minimum absolute atomic E-state index is 0.329. The summed E-state index contributed by atoms with van der Waals surface area (Å²) in [5.74, 6) is -1.06. The van der Waals surface area contributed by atoms with E-state index < -0.39 is 12.0 Å². The minimum Gasteiger partial charge on any atom is -0.479 e.